The van der Waals surface area contributed by atoms with E-state index in [9.17, 15) is 14.7 Å². The first kappa shape index (κ1) is 38.4. The van der Waals surface area contributed by atoms with Crippen LogP contribution in [0.4, 0.5) is 5.95 Å². The fourth-order valence-corrected chi connectivity index (χ4v) is 12.5. The van der Waals surface area contributed by atoms with E-state index in [0.29, 0.717) is 43.5 Å². The lowest BCUT2D eigenvalue weighted by Gasteiger charge is -2.71. The molecule has 1 amide bonds. The van der Waals surface area contributed by atoms with Gasteiger partial charge in [0.2, 0.25) is 5.91 Å². The highest BCUT2D eigenvalue weighted by Crippen LogP contribution is 2.75. The average molecular weight is 711 g/mol. The molecule has 11 nitrogen and oxygen atoms in total. The average Bonchev–Trinajstić information content (AvgIpc) is 3.51. The maximum atomic E-state index is 13.5. The van der Waals surface area contributed by atoms with E-state index < -0.39 is 11.9 Å². The number of nitrogens with one attached hydrogen (secondary N) is 2. The first-order valence-corrected chi connectivity index (χ1v) is 19.6. The van der Waals surface area contributed by atoms with Gasteiger partial charge in [0.05, 0.1) is 31.8 Å². The van der Waals surface area contributed by atoms with Crippen LogP contribution >= 0.6 is 0 Å². The van der Waals surface area contributed by atoms with E-state index in [1.54, 1.807) is 4.80 Å². The number of aromatic nitrogens is 4. The molecule has 6 rings (SSSR count). The van der Waals surface area contributed by atoms with Gasteiger partial charge in [0.15, 0.2) is 0 Å². The molecular weight excluding hydrogens is 644 g/mol. The Morgan fingerprint density at radius 1 is 1.10 bits per heavy atom. The molecule has 286 valence electrons. The molecular formula is C40H66N6O5. The minimum absolute atomic E-state index is 0.178. The molecule has 4 fully saturated rings. The van der Waals surface area contributed by atoms with Crippen LogP contribution in [0.2, 0.25) is 0 Å². The normalized spacial score (nSPS) is 42.2. The van der Waals surface area contributed by atoms with Gasteiger partial charge in [-0.1, -0.05) is 79.1 Å². The molecule has 1 aliphatic heterocycles. The molecule has 11 heteroatoms. The van der Waals surface area contributed by atoms with E-state index in [4.69, 9.17) is 14.6 Å². The van der Waals surface area contributed by atoms with Gasteiger partial charge in [-0.25, -0.2) is 0 Å². The van der Waals surface area contributed by atoms with E-state index in [0.717, 1.165) is 38.5 Å². The van der Waals surface area contributed by atoms with Crippen LogP contribution in [0, 0.1) is 62.6 Å². The molecule has 2 unspecified atom stereocenters. The van der Waals surface area contributed by atoms with Gasteiger partial charge in [0.1, 0.15) is 6.04 Å². The third-order valence-electron chi connectivity index (χ3n) is 16.5. The number of carboxylic acid groups (broad SMARTS) is 1. The topological polar surface area (TPSA) is 140 Å². The highest BCUT2D eigenvalue weighted by atomic mass is 16.5. The Labute approximate surface area is 305 Å². The maximum Gasteiger partial charge on any atom is 0.307 e. The van der Waals surface area contributed by atoms with E-state index in [2.05, 4.69) is 96.3 Å². The summed E-state index contributed by atoms with van der Waals surface area (Å²) in [7, 11) is 1.99. The lowest BCUT2D eigenvalue weighted by molar-refractivity contribution is -0.254. The Kier molecular flexibility index (Phi) is 9.70. The van der Waals surface area contributed by atoms with Crippen molar-refractivity contribution in [2.45, 2.75) is 132 Å². The molecule has 12 atom stereocenters. The van der Waals surface area contributed by atoms with Crippen LogP contribution in [0.3, 0.4) is 0 Å². The Bertz CT molecular complexity index is 1540. The number of carbonyl (C=O) groups is 2. The number of rotatable bonds is 10. The van der Waals surface area contributed by atoms with Gasteiger partial charge >= 0.3 is 5.97 Å². The number of carbonyl (C=O) groups excluding carboxylic acids is 1. The van der Waals surface area contributed by atoms with Crippen molar-refractivity contribution in [3.63, 3.8) is 0 Å². The Morgan fingerprint density at radius 2 is 1.80 bits per heavy atom. The standard InChI is InChI=1S/C40H66N6O5/c1-23(2)25(5)35(7)17-18-37(9)27-13-14-30-36(8)20-50-22-40(30,28(27)15-16-38(37,10)31(35)33(48)49)19-29(46-44-34(43-45-46)42-26(6)47)32(36)51-21-39(11,41-12)24(3)4/h15,23-25,27,29-32,41H,13-14,16-22H2,1-12H3,(H,48,49)(H,42,44,47)/t25-,27+,29-,30+,31?,32+,35-,36?,37-,38+,39+,40+/m1/s1. The number of hydrogen-bond acceptors (Lipinski definition) is 8. The summed E-state index contributed by atoms with van der Waals surface area (Å²) in [5.74, 6) is 0.477. The number of amides is 1. The first-order chi connectivity index (χ1) is 23.7. The van der Waals surface area contributed by atoms with Crippen LogP contribution in [0.25, 0.3) is 0 Å². The molecule has 2 bridgehead atoms. The number of aliphatic carboxylic acids is 1. The molecule has 1 saturated heterocycles. The van der Waals surface area contributed by atoms with Crippen molar-refractivity contribution in [1.82, 2.24) is 25.5 Å². The number of carboxylic acids is 1. The van der Waals surface area contributed by atoms with Gasteiger partial charge in [-0.3, -0.25) is 14.9 Å². The van der Waals surface area contributed by atoms with Gasteiger partial charge in [-0.15, -0.1) is 5.10 Å². The van der Waals surface area contributed by atoms with Crippen LogP contribution in [0.1, 0.15) is 121 Å². The van der Waals surface area contributed by atoms with Crippen molar-refractivity contribution < 1.29 is 24.2 Å². The summed E-state index contributed by atoms with van der Waals surface area (Å²) >= 11 is 0. The molecule has 0 aromatic carbocycles. The Hall–Kier alpha value is -2.37. The molecule has 2 heterocycles. The number of fused-ring (bicyclic) bond motifs is 3. The molecule has 1 aromatic rings. The molecule has 3 saturated carbocycles. The number of ether oxygens (including phenoxy) is 2. The highest BCUT2D eigenvalue weighted by molar-refractivity contribution is 5.86. The zero-order valence-corrected chi connectivity index (χ0v) is 33.4. The van der Waals surface area contributed by atoms with Crippen molar-refractivity contribution in [2.75, 3.05) is 32.2 Å². The van der Waals surface area contributed by atoms with Crippen molar-refractivity contribution in [3.05, 3.63) is 11.6 Å². The number of likely N-dealkylation sites (N-methyl/N-ethyl adjacent to an activating group) is 1. The van der Waals surface area contributed by atoms with Gasteiger partial charge in [0, 0.05) is 23.3 Å². The van der Waals surface area contributed by atoms with Crippen LogP contribution in [-0.4, -0.2) is 75.7 Å². The van der Waals surface area contributed by atoms with Crippen molar-refractivity contribution >= 4 is 17.8 Å². The highest BCUT2D eigenvalue weighted by Gasteiger charge is 2.72. The van der Waals surface area contributed by atoms with Crippen molar-refractivity contribution in [1.29, 1.82) is 0 Å². The third-order valence-corrected chi connectivity index (χ3v) is 16.5. The molecule has 3 N–H and O–H groups in total. The maximum absolute atomic E-state index is 13.5. The summed E-state index contributed by atoms with van der Waals surface area (Å²) < 4.78 is 13.8. The second kappa shape index (κ2) is 12.9. The molecule has 1 aromatic heterocycles. The van der Waals surface area contributed by atoms with Crippen molar-refractivity contribution in [3.8, 4) is 0 Å². The largest absolute Gasteiger partial charge is 0.481 e. The van der Waals surface area contributed by atoms with Gasteiger partial charge in [-0.05, 0) is 104 Å². The lowest BCUT2D eigenvalue weighted by Crippen LogP contribution is -2.69. The molecule has 0 spiro atoms. The molecule has 51 heavy (non-hydrogen) atoms. The fourth-order valence-electron chi connectivity index (χ4n) is 12.5. The number of tetrazole rings is 1. The zero-order chi connectivity index (χ0) is 37.5. The Balaban J connectivity index is 1.45. The van der Waals surface area contributed by atoms with Crippen LogP contribution in [0.5, 0.6) is 0 Å². The summed E-state index contributed by atoms with van der Waals surface area (Å²) in [6.07, 6.45) is 7.68. The summed E-state index contributed by atoms with van der Waals surface area (Å²) in [4.78, 5) is 27.1. The smallest absolute Gasteiger partial charge is 0.307 e. The summed E-state index contributed by atoms with van der Waals surface area (Å²) in [5, 5.41) is 30.8. The summed E-state index contributed by atoms with van der Waals surface area (Å²) in [5.41, 5.74) is -0.255. The number of anilines is 1. The zero-order valence-electron chi connectivity index (χ0n) is 33.4. The predicted molar refractivity (Wildman–Crippen MR) is 197 cm³/mol. The van der Waals surface area contributed by atoms with E-state index in [-0.39, 0.29) is 62.5 Å². The minimum Gasteiger partial charge on any atom is -0.481 e. The second-order valence-corrected chi connectivity index (χ2v) is 19.3. The lowest BCUT2D eigenvalue weighted by atomic mass is 9.34. The van der Waals surface area contributed by atoms with Crippen LogP contribution < -0.4 is 10.6 Å². The quantitative estimate of drug-likeness (QED) is 0.224. The monoisotopic (exact) mass is 711 g/mol. The Morgan fingerprint density at radius 3 is 2.41 bits per heavy atom. The second-order valence-electron chi connectivity index (χ2n) is 19.3. The van der Waals surface area contributed by atoms with E-state index in [1.165, 1.54) is 12.5 Å². The molecule has 0 radical (unpaired) electrons. The minimum atomic E-state index is -0.643. The molecule has 4 aliphatic carbocycles. The SMILES string of the molecule is CN[C@@](C)(CO[C@H]1[C@H](n2nnc(NC(C)=O)n2)C[C@@]23COCC1(C)[C@@H]2CC[C@H]1C3=CC[C@@]2(C)C(C(=O)O)[C@@](C)([C@H](C)C(C)C)CC[C@]12C)C(C)C. The number of hydrogen-bond donors (Lipinski definition) is 3. The fraction of sp³-hybridized carbons (Fsp3) is 0.875. The van der Waals surface area contributed by atoms with Crippen LogP contribution in [0.15, 0.2) is 11.6 Å². The van der Waals surface area contributed by atoms with Crippen LogP contribution in [-0.2, 0) is 19.1 Å². The van der Waals surface area contributed by atoms with Crippen molar-refractivity contribution in [2.24, 2.45) is 62.6 Å². The van der Waals surface area contributed by atoms with Gasteiger partial charge in [-0.2, -0.15) is 4.80 Å². The van der Waals surface area contributed by atoms with E-state index >= 15 is 0 Å². The van der Waals surface area contributed by atoms with Gasteiger partial charge < -0.3 is 19.9 Å². The van der Waals surface area contributed by atoms with E-state index in [1.807, 2.05) is 7.05 Å². The molecule has 5 aliphatic rings. The third kappa shape index (κ3) is 5.55. The summed E-state index contributed by atoms with van der Waals surface area (Å²) in [6, 6.07) is -0.243. The first-order valence-electron chi connectivity index (χ1n) is 19.6. The number of allylic oxidation sites excluding steroid dienone is 1. The summed E-state index contributed by atoms with van der Waals surface area (Å²) in [6.45, 7) is 25.9. The number of nitrogens with zero attached hydrogens (tertiary/aromatic N) is 4. The predicted octanol–water partition coefficient (Wildman–Crippen LogP) is 6.78. The van der Waals surface area contributed by atoms with Gasteiger partial charge in [0.25, 0.3) is 5.95 Å².